The standard InChI is InChI=1S/C18H21N3O2S/c1-10-5-4-6-14-11(2)9-15(20-16(10)14)24-12(3)17(22)21-18(23)19-13-7-8-13/h4-6,9,12-13H,7-8H2,1-3H3,(H2,19,21,22,23)/t12-/m0/s1. The van der Waals surface area contributed by atoms with E-state index >= 15 is 0 Å². The predicted molar refractivity (Wildman–Crippen MR) is 96.2 cm³/mol. The molecule has 1 aromatic carbocycles. The number of para-hydroxylation sites is 1. The van der Waals surface area contributed by atoms with Crippen molar-refractivity contribution < 1.29 is 9.59 Å². The van der Waals surface area contributed by atoms with Crippen molar-refractivity contribution in [2.45, 2.75) is 49.9 Å². The van der Waals surface area contributed by atoms with Crippen LogP contribution in [0.3, 0.4) is 0 Å². The van der Waals surface area contributed by atoms with Crippen LogP contribution in [0, 0.1) is 13.8 Å². The summed E-state index contributed by atoms with van der Waals surface area (Å²) in [6.07, 6.45) is 1.98. The second-order valence-electron chi connectivity index (χ2n) is 6.25. The number of amides is 3. The predicted octanol–water partition coefficient (Wildman–Crippen LogP) is 3.32. The molecule has 5 nitrogen and oxygen atoms in total. The number of fused-ring (bicyclic) bond motifs is 1. The van der Waals surface area contributed by atoms with Crippen LogP contribution < -0.4 is 10.6 Å². The van der Waals surface area contributed by atoms with Crippen molar-refractivity contribution in [1.29, 1.82) is 0 Å². The zero-order chi connectivity index (χ0) is 17.3. The minimum absolute atomic E-state index is 0.230. The molecule has 6 heteroatoms. The number of carbonyl (C=O) groups is 2. The van der Waals surface area contributed by atoms with Crippen molar-refractivity contribution in [2.24, 2.45) is 0 Å². The van der Waals surface area contributed by atoms with Gasteiger partial charge in [0.05, 0.1) is 15.8 Å². The Balaban J connectivity index is 1.70. The van der Waals surface area contributed by atoms with Gasteiger partial charge in [-0.3, -0.25) is 10.1 Å². The number of rotatable bonds is 4. The number of hydrogen-bond acceptors (Lipinski definition) is 4. The molecule has 1 heterocycles. The first-order chi connectivity index (χ1) is 11.4. The summed E-state index contributed by atoms with van der Waals surface area (Å²) in [5.41, 5.74) is 3.20. The van der Waals surface area contributed by atoms with Gasteiger partial charge in [-0.2, -0.15) is 0 Å². The molecule has 0 bridgehead atoms. The number of thioether (sulfide) groups is 1. The second-order valence-corrected chi connectivity index (χ2v) is 7.61. The van der Waals surface area contributed by atoms with Gasteiger partial charge >= 0.3 is 6.03 Å². The maximum absolute atomic E-state index is 12.2. The molecule has 3 rings (SSSR count). The summed E-state index contributed by atoms with van der Waals surface area (Å²) in [4.78, 5) is 28.5. The Bertz CT molecular complexity index is 802. The lowest BCUT2D eigenvalue weighted by molar-refractivity contribution is -0.119. The van der Waals surface area contributed by atoms with Crippen molar-refractivity contribution in [1.82, 2.24) is 15.6 Å². The van der Waals surface area contributed by atoms with E-state index in [2.05, 4.69) is 21.7 Å². The summed E-state index contributed by atoms with van der Waals surface area (Å²) < 4.78 is 0. The van der Waals surface area contributed by atoms with Crippen LogP contribution in [-0.4, -0.2) is 28.2 Å². The molecule has 0 spiro atoms. The second kappa shape index (κ2) is 6.81. The summed E-state index contributed by atoms with van der Waals surface area (Å²) in [6.45, 7) is 5.85. The van der Waals surface area contributed by atoms with Gasteiger partial charge in [0.1, 0.15) is 0 Å². The Kier molecular flexibility index (Phi) is 4.76. The molecular weight excluding hydrogens is 322 g/mol. The number of nitrogens with zero attached hydrogens (tertiary/aromatic N) is 1. The lowest BCUT2D eigenvalue weighted by Crippen LogP contribution is -2.43. The maximum Gasteiger partial charge on any atom is 0.321 e. The molecule has 1 saturated carbocycles. The zero-order valence-corrected chi connectivity index (χ0v) is 14.9. The molecule has 24 heavy (non-hydrogen) atoms. The molecule has 126 valence electrons. The molecule has 0 radical (unpaired) electrons. The molecular formula is C18H21N3O2S. The average molecular weight is 343 g/mol. The number of nitrogens with one attached hydrogen (secondary N) is 2. The fraction of sp³-hybridized carbons (Fsp3) is 0.389. The van der Waals surface area contributed by atoms with Crippen LogP contribution >= 0.6 is 11.8 Å². The minimum atomic E-state index is -0.409. The molecule has 0 unspecified atom stereocenters. The van der Waals surface area contributed by atoms with Crippen molar-refractivity contribution in [2.75, 3.05) is 0 Å². The molecule has 3 amide bonds. The topological polar surface area (TPSA) is 71.1 Å². The molecule has 1 fully saturated rings. The van der Waals surface area contributed by atoms with Crippen LogP contribution in [0.25, 0.3) is 10.9 Å². The van der Waals surface area contributed by atoms with Crippen LogP contribution in [-0.2, 0) is 4.79 Å². The lowest BCUT2D eigenvalue weighted by atomic mass is 10.1. The third-order valence-electron chi connectivity index (χ3n) is 4.04. The summed E-state index contributed by atoms with van der Waals surface area (Å²) in [6, 6.07) is 7.91. The molecule has 0 aliphatic heterocycles. The number of carbonyl (C=O) groups excluding carboxylic acids is 2. The Labute approximate surface area is 145 Å². The number of imide groups is 1. The fourth-order valence-electron chi connectivity index (χ4n) is 2.49. The van der Waals surface area contributed by atoms with E-state index in [0.717, 1.165) is 39.9 Å². The Morgan fingerprint density at radius 3 is 2.71 bits per heavy atom. The first-order valence-electron chi connectivity index (χ1n) is 8.09. The molecule has 1 aliphatic rings. The van der Waals surface area contributed by atoms with Crippen LogP contribution in [0.2, 0.25) is 0 Å². The molecule has 2 N–H and O–H groups in total. The van der Waals surface area contributed by atoms with Gasteiger partial charge in [0.15, 0.2) is 0 Å². The highest BCUT2D eigenvalue weighted by Crippen LogP contribution is 2.28. The summed E-state index contributed by atoms with van der Waals surface area (Å²) in [5, 5.41) is 6.66. The van der Waals surface area contributed by atoms with Gasteiger partial charge in [-0.1, -0.05) is 30.0 Å². The van der Waals surface area contributed by atoms with Gasteiger partial charge in [-0.15, -0.1) is 0 Å². The maximum atomic E-state index is 12.2. The van der Waals surface area contributed by atoms with Crippen LogP contribution in [0.1, 0.15) is 30.9 Å². The molecule has 1 atom stereocenters. The van der Waals surface area contributed by atoms with E-state index in [4.69, 9.17) is 0 Å². The molecule has 1 aliphatic carbocycles. The van der Waals surface area contributed by atoms with Crippen LogP contribution in [0.15, 0.2) is 29.3 Å². The van der Waals surface area contributed by atoms with Gasteiger partial charge in [0.2, 0.25) is 5.91 Å². The third-order valence-corrected chi connectivity index (χ3v) is 5.06. The third kappa shape index (κ3) is 3.87. The van der Waals surface area contributed by atoms with E-state index in [1.807, 2.05) is 32.0 Å². The van der Waals surface area contributed by atoms with Gasteiger partial charge < -0.3 is 5.32 Å². The van der Waals surface area contributed by atoms with Crippen LogP contribution in [0.4, 0.5) is 4.79 Å². The van der Waals surface area contributed by atoms with Crippen molar-refractivity contribution >= 4 is 34.6 Å². The SMILES string of the molecule is Cc1cc(S[C@@H](C)C(=O)NC(=O)NC2CC2)nc2c(C)cccc12. The highest BCUT2D eigenvalue weighted by Gasteiger charge is 2.25. The van der Waals surface area contributed by atoms with Gasteiger partial charge in [0, 0.05) is 11.4 Å². The van der Waals surface area contributed by atoms with Crippen molar-refractivity contribution in [3.05, 3.63) is 35.4 Å². The van der Waals surface area contributed by atoms with E-state index in [9.17, 15) is 9.59 Å². The van der Waals surface area contributed by atoms with Crippen molar-refractivity contribution in [3.63, 3.8) is 0 Å². The van der Waals surface area contributed by atoms with Gasteiger partial charge in [-0.25, -0.2) is 9.78 Å². The normalized spacial score (nSPS) is 15.1. The number of pyridine rings is 1. The largest absolute Gasteiger partial charge is 0.335 e. The van der Waals surface area contributed by atoms with Gasteiger partial charge in [0.25, 0.3) is 0 Å². The summed E-state index contributed by atoms with van der Waals surface area (Å²) in [7, 11) is 0. The quantitative estimate of drug-likeness (QED) is 0.836. The Morgan fingerprint density at radius 1 is 1.25 bits per heavy atom. The number of aromatic nitrogens is 1. The van der Waals surface area contributed by atoms with E-state index in [0.29, 0.717) is 0 Å². The molecule has 2 aromatic rings. The minimum Gasteiger partial charge on any atom is -0.335 e. The number of urea groups is 1. The highest BCUT2D eigenvalue weighted by molar-refractivity contribution is 8.00. The molecule has 0 saturated heterocycles. The Morgan fingerprint density at radius 2 is 2.00 bits per heavy atom. The number of benzene rings is 1. The summed E-state index contributed by atoms with van der Waals surface area (Å²) in [5.74, 6) is -0.303. The first-order valence-corrected chi connectivity index (χ1v) is 8.97. The summed E-state index contributed by atoms with van der Waals surface area (Å²) >= 11 is 1.36. The highest BCUT2D eigenvalue weighted by atomic mass is 32.2. The van der Waals surface area contributed by atoms with E-state index in [1.54, 1.807) is 6.92 Å². The van der Waals surface area contributed by atoms with Crippen LogP contribution in [0.5, 0.6) is 0 Å². The lowest BCUT2D eigenvalue weighted by Gasteiger charge is -2.13. The fourth-order valence-corrected chi connectivity index (χ4v) is 3.41. The first kappa shape index (κ1) is 16.8. The average Bonchev–Trinajstić information content (AvgIpc) is 3.32. The number of aryl methyl sites for hydroxylation is 2. The monoisotopic (exact) mass is 343 g/mol. The molecule has 1 aromatic heterocycles. The smallest absolute Gasteiger partial charge is 0.321 e. The number of hydrogen-bond donors (Lipinski definition) is 2. The van der Waals surface area contributed by atoms with E-state index < -0.39 is 11.3 Å². The van der Waals surface area contributed by atoms with E-state index in [1.165, 1.54) is 11.8 Å². The van der Waals surface area contributed by atoms with E-state index in [-0.39, 0.29) is 11.9 Å². The van der Waals surface area contributed by atoms with Crippen molar-refractivity contribution in [3.8, 4) is 0 Å². The van der Waals surface area contributed by atoms with Gasteiger partial charge in [-0.05, 0) is 50.8 Å². The Hall–Kier alpha value is -2.08. The zero-order valence-electron chi connectivity index (χ0n) is 14.1.